The van der Waals surface area contributed by atoms with Crippen molar-refractivity contribution >= 4 is 34.3 Å². The molecule has 0 amide bonds. The van der Waals surface area contributed by atoms with Gasteiger partial charge in [0.2, 0.25) is 10.9 Å². The number of amidine groups is 2. The van der Waals surface area contributed by atoms with Crippen molar-refractivity contribution in [3.8, 4) is 6.07 Å². The van der Waals surface area contributed by atoms with E-state index in [1.54, 1.807) is 24.3 Å². The smallest absolute Gasteiger partial charge is 0.222 e. The molecule has 1 unspecified atom stereocenters. The van der Waals surface area contributed by atoms with Crippen molar-refractivity contribution in [2.75, 3.05) is 0 Å². The zero-order valence-electron chi connectivity index (χ0n) is 8.51. The number of hydrogen-bond donors (Lipinski definition) is 1. The third-order valence-corrected chi connectivity index (χ3v) is 2.65. The van der Waals surface area contributed by atoms with Gasteiger partial charge in [-0.05, 0) is 35.9 Å². The Morgan fingerprint density at radius 2 is 2.00 bits per heavy atom. The van der Waals surface area contributed by atoms with Gasteiger partial charge in [0.25, 0.3) is 0 Å². The van der Waals surface area contributed by atoms with E-state index in [1.165, 1.54) is 5.01 Å². The lowest BCUT2D eigenvalue weighted by atomic mass is 10.1. The summed E-state index contributed by atoms with van der Waals surface area (Å²) in [5.74, 6) is 6.14. The Morgan fingerprint density at radius 3 is 2.59 bits per heavy atom. The number of aliphatic imine (C=N–C) groups is 2. The van der Waals surface area contributed by atoms with Crippen molar-refractivity contribution in [2.24, 2.45) is 15.8 Å². The first-order valence-corrected chi connectivity index (χ1v) is 5.44. The average molecular weight is 268 g/mol. The van der Waals surface area contributed by atoms with Crippen molar-refractivity contribution in [1.29, 1.82) is 5.26 Å². The molecule has 1 aliphatic rings. The zero-order chi connectivity index (χ0) is 12.4. The van der Waals surface area contributed by atoms with Crippen LogP contribution in [0.25, 0.3) is 0 Å². The highest BCUT2D eigenvalue weighted by Gasteiger charge is 2.22. The SMILES string of the molecule is N#Cc1ccc(C2=NC(Cl)=NC(Cl)N2N)cc1. The number of rotatable bonds is 1. The lowest BCUT2D eigenvalue weighted by molar-refractivity contribution is 0.412. The van der Waals surface area contributed by atoms with Crippen LogP contribution < -0.4 is 5.84 Å². The van der Waals surface area contributed by atoms with Gasteiger partial charge in [-0.25, -0.2) is 10.8 Å². The molecular weight excluding hydrogens is 261 g/mol. The van der Waals surface area contributed by atoms with Gasteiger partial charge in [-0.1, -0.05) is 11.6 Å². The highest BCUT2D eigenvalue weighted by molar-refractivity contribution is 6.66. The molecule has 17 heavy (non-hydrogen) atoms. The second-order valence-corrected chi connectivity index (χ2v) is 3.97. The summed E-state index contributed by atoms with van der Waals surface area (Å²) in [6.45, 7) is 0. The number of alkyl halides is 1. The summed E-state index contributed by atoms with van der Waals surface area (Å²) in [4.78, 5) is 7.79. The molecule has 1 aromatic carbocycles. The Hall–Kier alpha value is -1.61. The third kappa shape index (κ3) is 2.39. The normalized spacial score (nSPS) is 19.4. The van der Waals surface area contributed by atoms with E-state index in [2.05, 4.69) is 9.98 Å². The predicted molar refractivity (Wildman–Crippen MR) is 66.6 cm³/mol. The van der Waals surface area contributed by atoms with E-state index in [9.17, 15) is 0 Å². The predicted octanol–water partition coefficient (Wildman–Crippen LogP) is 1.61. The number of nitrogens with zero attached hydrogens (tertiary/aromatic N) is 4. The molecule has 1 heterocycles. The van der Waals surface area contributed by atoms with Gasteiger partial charge in [0.05, 0.1) is 11.6 Å². The van der Waals surface area contributed by atoms with E-state index < -0.39 is 5.62 Å². The molecule has 0 radical (unpaired) electrons. The van der Waals surface area contributed by atoms with Crippen LogP contribution in [0, 0.1) is 11.3 Å². The molecule has 5 nitrogen and oxygen atoms in total. The molecule has 0 bridgehead atoms. The minimum atomic E-state index is -0.786. The lowest BCUT2D eigenvalue weighted by Crippen LogP contribution is -2.45. The fourth-order valence-corrected chi connectivity index (χ4v) is 1.74. The molecule has 1 atom stereocenters. The van der Waals surface area contributed by atoms with Crippen LogP contribution in [0.1, 0.15) is 11.1 Å². The van der Waals surface area contributed by atoms with Crippen LogP contribution in [-0.2, 0) is 0 Å². The summed E-state index contributed by atoms with van der Waals surface area (Å²) in [6.07, 6.45) is 0. The Bertz CT molecular complexity index is 529. The van der Waals surface area contributed by atoms with Crippen molar-refractivity contribution in [3.63, 3.8) is 0 Å². The summed E-state index contributed by atoms with van der Waals surface area (Å²) in [7, 11) is 0. The fraction of sp³-hybridized carbons (Fsp3) is 0.100. The molecule has 0 fully saturated rings. The summed E-state index contributed by atoms with van der Waals surface area (Å²) in [6, 6.07) is 8.79. The average Bonchev–Trinajstić information content (AvgIpc) is 2.34. The number of halogens is 2. The topological polar surface area (TPSA) is 77.8 Å². The van der Waals surface area contributed by atoms with Crippen molar-refractivity contribution < 1.29 is 0 Å². The summed E-state index contributed by atoms with van der Waals surface area (Å²) in [5, 5.41) is 9.95. The Morgan fingerprint density at radius 1 is 1.35 bits per heavy atom. The number of nitriles is 1. The van der Waals surface area contributed by atoms with Gasteiger partial charge >= 0.3 is 0 Å². The van der Waals surface area contributed by atoms with Gasteiger partial charge in [0, 0.05) is 5.56 Å². The second kappa shape index (κ2) is 4.72. The first-order chi connectivity index (χ1) is 8.11. The first kappa shape index (κ1) is 11.9. The maximum absolute atomic E-state index is 8.70. The molecular formula is C10H7Cl2N5. The van der Waals surface area contributed by atoms with Gasteiger partial charge in [-0.2, -0.15) is 10.3 Å². The maximum atomic E-state index is 8.70. The first-order valence-electron chi connectivity index (χ1n) is 4.62. The van der Waals surface area contributed by atoms with E-state index >= 15 is 0 Å². The number of hydrazine groups is 1. The van der Waals surface area contributed by atoms with Crippen LogP contribution in [0.15, 0.2) is 34.3 Å². The Labute approximate surface area is 108 Å². The summed E-state index contributed by atoms with van der Waals surface area (Å²) < 4.78 is 0. The number of nitrogens with two attached hydrogens (primary N) is 1. The van der Waals surface area contributed by atoms with Gasteiger partial charge in [-0.3, -0.25) is 5.01 Å². The molecule has 1 aliphatic heterocycles. The zero-order valence-corrected chi connectivity index (χ0v) is 10.0. The second-order valence-electron chi connectivity index (χ2n) is 3.24. The van der Waals surface area contributed by atoms with E-state index in [4.69, 9.17) is 34.3 Å². The van der Waals surface area contributed by atoms with E-state index in [-0.39, 0.29) is 5.29 Å². The van der Waals surface area contributed by atoms with Crippen LogP contribution in [0.2, 0.25) is 0 Å². The quantitative estimate of drug-likeness (QED) is 0.477. The Balaban J connectivity index is 2.39. The third-order valence-electron chi connectivity index (χ3n) is 2.16. The number of benzene rings is 1. The minimum absolute atomic E-state index is 0.0473. The van der Waals surface area contributed by atoms with Crippen molar-refractivity contribution in [1.82, 2.24) is 5.01 Å². The molecule has 0 saturated heterocycles. The van der Waals surface area contributed by atoms with Crippen molar-refractivity contribution in [3.05, 3.63) is 35.4 Å². The van der Waals surface area contributed by atoms with Crippen LogP contribution >= 0.6 is 23.2 Å². The molecule has 7 heteroatoms. The highest BCUT2D eigenvalue weighted by Crippen LogP contribution is 2.16. The monoisotopic (exact) mass is 267 g/mol. The van der Waals surface area contributed by atoms with E-state index in [1.807, 2.05) is 6.07 Å². The minimum Gasteiger partial charge on any atom is -0.255 e. The molecule has 0 saturated carbocycles. The van der Waals surface area contributed by atoms with E-state index in [0.29, 0.717) is 17.0 Å². The maximum Gasteiger partial charge on any atom is 0.222 e. The van der Waals surface area contributed by atoms with E-state index in [0.717, 1.165) is 0 Å². The lowest BCUT2D eigenvalue weighted by Gasteiger charge is -2.25. The van der Waals surface area contributed by atoms with Crippen LogP contribution in [0.5, 0.6) is 0 Å². The standard InChI is InChI=1S/C10H7Cl2N5/c11-9-15-8(17(14)10(12)16-9)7-3-1-6(5-13)2-4-7/h1-4,10H,14H2. The Kier molecular flexibility index (Phi) is 3.29. The molecule has 0 aliphatic carbocycles. The summed E-state index contributed by atoms with van der Waals surface area (Å²) >= 11 is 11.6. The van der Waals surface area contributed by atoms with Crippen LogP contribution in [0.3, 0.4) is 0 Å². The summed E-state index contributed by atoms with van der Waals surface area (Å²) in [5.41, 5.74) is 0.478. The molecule has 0 aromatic heterocycles. The van der Waals surface area contributed by atoms with Crippen LogP contribution in [-0.4, -0.2) is 21.8 Å². The highest BCUT2D eigenvalue weighted by atomic mass is 35.5. The van der Waals surface area contributed by atoms with Gasteiger partial charge < -0.3 is 0 Å². The van der Waals surface area contributed by atoms with Gasteiger partial charge in [0.15, 0.2) is 5.84 Å². The largest absolute Gasteiger partial charge is 0.255 e. The fourth-order valence-electron chi connectivity index (χ4n) is 1.33. The van der Waals surface area contributed by atoms with Gasteiger partial charge in [0.1, 0.15) is 0 Å². The number of hydrogen-bond acceptors (Lipinski definition) is 5. The molecule has 0 spiro atoms. The van der Waals surface area contributed by atoms with Crippen molar-refractivity contribution in [2.45, 2.75) is 5.62 Å². The van der Waals surface area contributed by atoms with Gasteiger partial charge in [-0.15, -0.1) is 0 Å². The molecule has 1 aromatic rings. The molecule has 86 valence electrons. The van der Waals surface area contributed by atoms with Crippen LogP contribution in [0.4, 0.5) is 0 Å². The molecule has 2 rings (SSSR count). The molecule has 2 N–H and O–H groups in total.